The molecule has 6 heteroatoms. The van der Waals surface area contributed by atoms with Crippen molar-refractivity contribution in [1.29, 1.82) is 0 Å². The van der Waals surface area contributed by atoms with Crippen LogP contribution in [0.4, 0.5) is 11.8 Å². The van der Waals surface area contributed by atoms with Crippen molar-refractivity contribution in [2.45, 2.75) is 13.8 Å². The summed E-state index contributed by atoms with van der Waals surface area (Å²) >= 11 is 0. The normalized spacial score (nSPS) is 10.2. The molecule has 0 aliphatic rings. The lowest BCUT2D eigenvalue weighted by atomic mass is 10.1. The van der Waals surface area contributed by atoms with E-state index in [0.717, 1.165) is 5.56 Å². The van der Waals surface area contributed by atoms with Crippen LogP contribution in [0.25, 0.3) is 0 Å². The minimum Gasteiger partial charge on any atom is -0.417 e. The molecule has 6 nitrogen and oxygen atoms in total. The molecule has 0 aliphatic heterocycles. The first kappa shape index (κ1) is 12.8. The number of anilines is 2. The van der Waals surface area contributed by atoms with Gasteiger partial charge < -0.3 is 16.2 Å². The van der Waals surface area contributed by atoms with Crippen LogP contribution in [0, 0.1) is 13.8 Å². The largest absolute Gasteiger partial charge is 0.417 e. The third kappa shape index (κ3) is 2.79. The number of hydrogen-bond donors (Lipinski definition) is 2. The number of rotatable bonds is 2. The summed E-state index contributed by atoms with van der Waals surface area (Å²) in [6, 6.07) is 7.02. The zero-order valence-electron chi connectivity index (χ0n) is 10.7. The maximum absolute atomic E-state index is 12.0. The number of hydrogen-bond acceptors (Lipinski definition) is 6. The highest BCUT2D eigenvalue weighted by Crippen LogP contribution is 2.24. The second kappa shape index (κ2) is 4.93. The smallest absolute Gasteiger partial charge is 0.343 e. The van der Waals surface area contributed by atoms with Gasteiger partial charge in [0.05, 0.1) is 11.3 Å². The van der Waals surface area contributed by atoms with Crippen molar-refractivity contribution in [3.8, 4) is 5.75 Å². The number of benzene rings is 1. The van der Waals surface area contributed by atoms with E-state index in [-0.39, 0.29) is 17.5 Å². The van der Waals surface area contributed by atoms with Gasteiger partial charge in [0, 0.05) is 0 Å². The third-order valence-electron chi connectivity index (χ3n) is 2.56. The minimum absolute atomic E-state index is 0.0464. The molecule has 0 spiro atoms. The molecule has 0 amide bonds. The summed E-state index contributed by atoms with van der Waals surface area (Å²) in [5.41, 5.74) is 13.0. The molecule has 4 N–H and O–H groups in total. The van der Waals surface area contributed by atoms with Gasteiger partial charge in [-0.1, -0.05) is 17.7 Å². The van der Waals surface area contributed by atoms with Crippen molar-refractivity contribution in [3.63, 3.8) is 0 Å². The van der Waals surface area contributed by atoms with Crippen LogP contribution in [-0.4, -0.2) is 15.9 Å². The van der Waals surface area contributed by atoms with Crippen molar-refractivity contribution in [1.82, 2.24) is 9.97 Å². The summed E-state index contributed by atoms with van der Waals surface area (Å²) in [5.74, 6) is -0.279. The highest BCUT2D eigenvalue weighted by molar-refractivity contribution is 5.91. The van der Waals surface area contributed by atoms with E-state index in [9.17, 15) is 4.79 Å². The number of aromatic nitrogens is 2. The van der Waals surface area contributed by atoms with Gasteiger partial charge in [-0.2, -0.15) is 4.98 Å². The van der Waals surface area contributed by atoms with Crippen molar-refractivity contribution < 1.29 is 9.53 Å². The van der Waals surface area contributed by atoms with Gasteiger partial charge in [0.25, 0.3) is 0 Å². The Hall–Kier alpha value is -2.63. The fourth-order valence-corrected chi connectivity index (χ4v) is 1.57. The Bertz CT molecular complexity index is 600. The highest BCUT2D eigenvalue weighted by Gasteiger charge is 2.15. The Morgan fingerprint density at radius 2 is 1.74 bits per heavy atom. The van der Waals surface area contributed by atoms with E-state index in [1.807, 2.05) is 19.1 Å². The van der Waals surface area contributed by atoms with Crippen molar-refractivity contribution in [3.05, 3.63) is 41.1 Å². The summed E-state index contributed by atoms with van der Waals surface area (Å²) in [7, 11) is 0. The molecule has 0 saturated carbocycles. The van der Waals surface area contributed by atoms with Crippen molar-refractivity contribution in [2.75, 3.05) is 11.5 Å². The van der Waals surface area contributed by atoms with Crippen LogP contribution in [0.5, 0.6) is 5.75 Å². The molecule has 1 aromatic carbocycles. The minimum atomic E-state index is -0.511. The summed E-state index contributed by atoms with van der Waals surface area (Å²) in [5, 5.41) is 0. The first-order valence-electron chi connectivity index (χ1n) is 5.66. The lowest BCUT2D eigenvalue weighted by Gasteiger charge is -2.09. The van der Waals surface area contributed by atoms with Gasteiger partial charge in [-0.25, -0.2) is 9.78 Å². The monoisotopic (exact) mass is 258 g/mol. The maximum Gasteiger partial charge on any atom is 0.343 e. The summed E-state index contributed by atoms with van der Waals surface area (Å²) < 4.78 is 5.21. The van der Waals surface area contributed by atoms with Crippen LogP contribution in [-0.2, 0) is 0 Å². The molecule has 2 aromatic rings. The van der Waals surface area contributed by atoms with Gasteiger partial charge in [-0.15, -0.1) is 0 Å². The predicted molar refractivity (Wildman–Crippen MR) is 71.7 cm³/mol. The van der Waals surface area contributed by atoms with E-state index in [1.54, 1.807) is 19.1 Å². The summed E-state index contributed by atoms with van der Waals surface area (Å²) in [4.78, 5) is 19.6. The van der Waals surface area contributed by atoms with E-state index in [0.29, 0.717) is 11.3 Å². The van der Waals surface area contributed by atoms with E-state index in [4.69, 9.17) is 16.2 Å². The zero-order chi connectivity index (χ0) is 14.0. The van der Waals surface area contributed by atoms with Crippen LogP contribution in [0.1, 0.15) is 21.6 Å². The predicted octanol–water partition coefficient (Wildman–Crippen LogP) is 1.48. The van der Waals surface area contributed by atoms with Crippen LogP contribution < -0.4 is 16.2 Å². The molecule has 0 saturated heterocycles. The quantitative estimate of drug-likeness (QED) is 0.790. The molecule has 1 aromatic heterocycles. The molecular weight excluding hydrogens is 244 g/mol. The lowest BCUT2D eigenvalue weighted by molar-refractivity contribution is 0.0733. The number of carbonyl (C=O) groups excluding carboxylic acids is 1. The number of nitrogens with zero attached hydrogens (tertiary/aromatic N) is 2. The lowest BCUT2D eigenvalue weighted by Crippen LogP contribution is -2.13. The number of ether oxygens (including phenoxy) is 1. The number of nitrogens with two attached hydrogens (primary N) is 2. The van der Waals surface area contributed by atoms with Crippen LogP contribution in [0.3, 0.4) is 0 Å². The Morgan fingerprint density at radius 1 is 1.11 bits per heavy atom. The average molecular weight is 258 g/mol. The van der Waals surface area contributed by atoms with Crippen molar-refractivity contribution >= 4 is 17.7 Å². The molecule has 98 valence electrons. The van der Waals surface area contributed by atoms with Gasteiger partial charge >= 0.3 is 5.97 Å². The molecule has 2 rings (SSSR count). The van der Waals surface area contributed by atoms with Crippen LogP contribution in [0.2, 0.25) is 0 Å². The SMILES string of the molecule is Cc1ccc(C(=O)Oc2c(C)nc(N)nc2N)cc1. The number of esters is 1. The first-order valence-corrected chi connectivity index (χ1v) is 5.66. The second-order valence-electron chi connectivity index (χ2n) is 4.14. The average Bonchev–Trinajstić information content (AvgIpc) is 2.34. The van der Waals surface area contributed by atoms with E-state index >= 15 is 0 Å². The zero-order valence-corrected chi connectivity index (χ0v) is 10.7. The summed E-state index contributed by atoms with van der Waals surface area (Å²) in [6.07, 6.45) is 0. The van der Waals surface area contributed by atoms with Gasteiger partial charge in [0.1, 0.15) is 0 Å². The number of carbonyl (C=O) groups is 1. The van der Waals surface area contributed by atoms with Gasteiger partial charge in [0.2, 0.25) is 5.95 Å². The van der Waals surface area contributed by atoms with Gasteiger partial charge in [-0.3, -0.25) is 0 Å². The number of aryl methyl sites for hydroxylation is 2. The van der Waals surface area contributed by atoms with Gasteiger partial charge in [0.15, 0.2) is 11.6 Å². The maximum atomic E-state index is 12.0. The Kier molecular flexibility index (Phi) is 3.33. The molecule has 19 heavy (non-hydrogen) atoms. The molecule has 0 radical (unpaired) electrons. The fourth-order valence-electron chi connectivity index (χ4n) is 1.57. The topological polar surface area (TPSA) is 104 Å². The number of nitrogen functional groups attached to an aromatic ring is 2. The van der Waals surface area contributed by atoms with Crippen LogP contribution in [0.15, 0.2) is 24.3 Å². The third-order valence-corrected chi connectivity index (χ3v) is 2.56. The Labute approximate surface area is 110 Å². The summed E-state index contributed by atoms with van der Waals surface area (Å²) in [6.45, 7) is 3.58. The highest BCUT2D eigenvalue weighted by atomic mass is 16.5. The molecular formula is C13H14N4O2. The molecule has 0 fully saturated rings. The molecule has 0 bridgehead atoms. The van der Waals surface area contributed by atoms with E-state index in [2.05, 4.69) is 9.97 Å². The molecule has 1 heterocycles. The Balaban J connectivity index is 2.26. The van der Waals surface area contributed by atoms with E-state index < -0.39 is 5.97 Å². The second-order valence-corrected chi connectivity index (χ2v) is 4.14. The van der Waals surface area contributed by atoms with Crippen molar-refractivity contribution in [2.24, 2.45) is 0 Å². The van der Waals surface area contributed by atoms with Gasteiger partial charge in [-0.05, 0) is 26.0 Å². The fraction of sp³-hybridized carbons (Fsp3) is 0.154. The standard InChI is InChI=1S/C13H14N4O2/c1-7-3-5-9(6-4-7)12(18)19-10-8(2)16-13(15)17-11(10)14/h3-6H,1-2H3,(H4,14,15,16,17). The van der Waals surface area contributed by atoms with E-state index in [1.165, 1.54) is 0 Å². The Morgan fingerprint density at radius 3 is 2.32 bits per heavy atom. The first-order chi connectivity index (χ1) is 8.97. The molecule has 0 aliphatic carbocycles. The molecule has 0 atom stereocenters. The van der Waals surface area contributed by atoms with Crippen LogP contribution >= 0.6 is 0 Å². The molecule has 0 unspecified atom stereocenters.